The van der Waals surface area contributed by atoms with Gasteiger partial charge in [0, 0.05) is 47.4 Å². The number of aliphatic imine (C=N–C) groups is 1. The van der Waals surface area contributed by atoms with E-state index in [9.17, 15) is 4.79 Å². The molecular weight excluding hydrogens is 486 g/mol. The lowest BCUT2D eigenvalue weighted by molar-refractivity contribution is -0.117. The number of anilines is 1. The van der Waals surface area contributed by atoms with Crippen LogP contribution in [-0.2, 0) is 11.2 Å². The van der Waals surface area contributed by atoms with E-state index in [1.165, 1.54) is 5.56 Å². The molecular formula is C32H31N5O2. The summed E-state index contributed by atoms with van der Waals surface area (Å²) in [7, 11) is 0. The van der Waals surface area contributed by atoms with Crippen LogP contribution in [0.1, 0.15) is 50.4 Å². The number of aromatic nitrogens is 3. The Labute approximate surface area is 227 Å². The summed E-state index contributed by atoms with van der Waals surface area (Å²) in [5.74, 6) is -0.0139. The van der Waals surface area contributed by atoms with Gasteiger partial charge >= 0.3 is 0 Å². The number of fused-ring (bicyclic) bond motifs is 2. The maximum atomic E-state index is 12.5. The van der Waals surface area contributed by atoms with E-state index in [1.807, 2.05) is 30.6 Å². The summed E-state index contributed by atoms with van der Waals surface area (Å²) in [4.78, 5) is 30.0. The predicted octanol–water partition coefficient (Wildman–Crippen LogP) is 7.04. The summed E-state index contributed by atoms with van der Waals surface area (Å²) in [5.41, 5.74) is 9.71. The molecule has 0 saturated carbocycles. The zero-order valence-corrected chi connectivity index (χ0v) is 22.4. The second kappa shape index (κ2) is 9.98. The second-order valence-electron chi connectivity index (χ2n) is 11.3. The number of rotatable bonds is 5. The molecule has 2 N–H and O–H groups in total. The number of nitrogens with zero attached hydrogens (tertiary/aromatic N) is 3. The van der Waals surface area contributed by atoms with Crippen LogP contribution in [0.2, 0.25) is 0 Å². The van der Waals surface area contributed by atoms with Gasteiger partial charge < -0.3 is 14.7 Å². The van der Waals surface area contributed by atoms with Gasteiger partial charge in [0.25, 0.3) is 0 Å². The Kier molecular flexibility index (Phi) is 6.35. The van der Waals surface area contributed by atoms with Gasteiger partial charge in [0.2, 0.25) is 5.91 Å². The Morgan fingerprint density at radius 1 is 1.03 bits per heavy atom. The number of aryl methyl sites for hydroxylation is 1. The van der Waals surface area contributed by atoms with E-state index in [2.05, 4.69) is 65.3 Å². The number of hydrogen-bond donors (Lipinski definition) is 2. The Balaban J connectivity index is 1.37. The fraction of sp³-hybridized carbons (Fsp3) is 0.250. The standard InChI is InChI=1S/C32H31N5O2/c1-32(2,3)16-29(38)36-24-13-23(17-33-18-24)21-7-6-20-5-4-10-34-30(26(20)14-21)28-15-27-25(22-9-12-39-19-22)8-11-35-31(27)37-28/h6-9,11-15,17-19H,4-5,10,16H2,1-3H3,(H,35,37)(H,36,38). The predicted molar refractivity (Wildman–Crippen MR) is 155 cm³/mol. The van der Waals surface area contributed by atoms with Crippen LogP contribution in [0.3, 0.4) is 0 Å². The van der Waals surface area contributed by atoms with E-state index >= 15 is 0 Å². The van der Waals surface area contributed by atoms with Crippen LogP contribution in [0.5, 0.6) is 0 Å². The minimum Gasteiger partial charge on any atom is -0.472 e. The molecule has 0 saturated heterocycles. The van der Waals surface area contributed by atoms with Gasteiger partial charge in [-0.3, -0.25) is 14.8 Å². The molecule has 7 heteroatoms. The SMILES string of the molecule is CC(C)(C)CC(=O)Nc1cncc(-c2ccc3c(c2)C(c2cc4c(-c5ccoc5)ccnc4[nH]2)=NCCC3)c1. The van der Waals surface area contributed by atoms with Crippen molar-refractivity contribution in [1.29, 1.82) is 0 Å². The third-order valence-electron chi connectivity index (χ3n) is 6.90. The van der Waals surface area contributed by atoms with Crippen LogP contribution < -0.4 is 5.32 Å². The molecule has 0 aliphatic carbocycles. The summed E-state index contributed by atoms with van der Waals surface area (Å²) in [6.45, 7) is 6.92. The summed E-state index contributed by atoms with van der Waals surface area (Å²) in [6, 6.07) is 14.6. The lowest BCUT2D eigenvalue weighted by Crippen LogP contribution is -2.19. The van der Waals surface area contributed by atoms with E-state index in [4.69, 9.17) is 9.41 Å². The highest BCUT2D eigenvalue weighted by atomic mass is 16.3. The molecule has 196 valence electrons. The van der Waals surface area contributed by atoms with Crippen molar-refractivity contribution in [2.45, 2.75) is 40.0 Å². The third-order valence-corrected chi connectivity index (χ3v) is 6.90. The molecule has 5 aromatic rings. The average Bonchev–Trinajstić information content (AvgIpc) is 3.54. The van der Waals surface area contributed by atoms with Gasteiger partial charge in [-0.25, -0.2) is 4.98 Å². The van der Waals surface area contributed by atoms with Crippen molar-refractivity contribution < 1.29 is 9.21 Å². The number of furan rings is 1. The molecule has 7 nitrogen and oxygen atoms in total. The normalized spacial score (nSPS) is 13.6. The molecule has 6 rings (SSSR count). The minimum atomic E-state index is -0.0840. The van der Waals surface area contributed by atoms with Crippen molar-refractivity contribution in [1.82, 2.24) is 15.0 Å². The first kappa shape index (κ1) is 24.8. The lowest BCUT2D eigenvalue weighted by atomic mass is 9.92. The van der Waals surface area contributed by atoms with Crippen LogP contribution in [0.4, 0.5) is 5.69 Å². The van der Waals surface area contributed by atoms with Gasteiger partial charge in [0.15, 0.2) is 0 Å². The summed E-state index contributed by atoms with van der Waals surface area (Å²) >= 11 is 0. The Morgan fingerprint density at radius 3 is 2.74 bits per heavy atom. The average molecular weight is 518 g/mol. The van der Waals surface area contributed by atoms with Crippen LogP contribution >= 0.6 is 0 Å². The Morgan fingerprint density at radius 2 is 1.92 bits per heavy atom. The van der Waals surface area contributed by atoms with Gasteiger partial charge in [0.1, 0.15) is 5.65 Å². The molecule has 4 aromatic heterocycles. The van der Waals surface area contributed by atoms with Crippen LogP contribution in [0.15, 0.2) is 83.0 Å². The smallest absolute Gasteiger partial charge is 0.224 e. The first-order chi connectivity index (χ1) is 18.8. The molecule has 0 atom stereocenters. The van der Waals surface area contributed by atoms with Gasteiger partial charge in [-0.05, 0) is 65.3 Å². The van der Waals surface area contributed by atoms with E-state index < -0.39 is 0 Å². The van der Waals surface area contributed by atoms with Gasteiger partial charge in [0.05, 0.1) is 35.8 Å². The maximum Gasteiger partial charge on any atom is 0.224 e. The largest absolute Gasteiger partial charge is 0.472 e. The molecule has 39 heavy (non-hydrogen) atoms. The molecule has 0 bridgehead atoms. The van der Waals surface area contributed by atoms with E-state index in [1.54, 1.807) is 18.7 Å². The molecule has 0 fully saturated rings. The van der Waals surface area contributed by atoms with E-state index in [0.717, 1.165) is 69.6 Å². The van der Waals surface area contributed by atoms with Gasteiger partial charge in [-0.2, -0.15) is 0 Å². The quantitative estimate of drug-likeness (QED) is 0.261. The molecule has 0 spiro atoms. The lowest BCUT2D eigenvalue weighted by Gasteiger charge is -2.17. The van der Waals surface area contributed by atoms with E-state index in [-0.39, 0.29) is 11.3 Å². The fourth-order valence-corrected chi connectivity index (χ4v) is 5.15. The highest BCUT2D eigenvalue weighted by Crippen LogP contribution is 2.32. The zero-order valence-electron chi connectivity index (χ0n) is 22.4. The summed E-state index contributed by atoms with van der Waals surface area (Å²) in [6.07, 6.45) is 11.2. The monoisotopic (exact) mass is 517 g/mol. The second-order valence-corrected chi connectivity index (χ2v) is 11.3. The van der Waals surface area contributed by atoms with Crippen molar-refractivity contribution >= 4 is 28.3 Å². The van der Waals surface area contributed by atoms with Gasteiger partial charge in [-0.15, -0.1) is 0 Å². The van der Waals surface area contributed by atoms with Crippen molar-refractivity contribution in [2.75, 3.05) is 11.9 Å². The topological polar surface area (TPSA) is 96.2 Å². The first-order valence-corrected chi connectivity index (χ1v) is 13.3. The molecule has 1 aliphatic rings. The van der Waals surface area contributed by atoms with Crippen LogP contribution in [0.25, 0.3) is 33.3 Å². The number of amides is 1. The molecule has 1 aromatic carbocycles. The van der Waals surface area contributed by atoms with Crippen molar-refractivity contribution in [3.05, 3.63) is 90.4 Å². The number of carbonyl (C=O) groups is 1. The number of pyridine rings is 2. The van der Waals surface area contributed by atoms with Crippen molar-refractivity contribution in [3.8, 4) is 22.3 Å². The first-order valence-electron chi connectivity index (χ1n) is 13.3. The fourth-order valence-electron chi connectivity index (χ4n) is 5.15. The number of benzene rings is 1. The maximum absolute atomic E-state index is 12.5. The zero-order chi connectivity index (χ0) is 27.0. The number of aromatic amines is 1. The number of H-pyrrole nitrogens is 1. The van der Waals surface area contributed by atoms with Crippen LogP contribution in [0, 0.1) is 5.41 Å². The van der Waals surface area contributed by atoms with Crippen molar-refractivity contribution in [3.63, 3.8) is 0 Å². The molecule has 1 aliphatic heterocycles. The van der Waals surface area contributed by atoms with Crippen LogP contribution in [-0.4, -0.2) is 33.1 Å². The summed E-state index contributed by atoms with van der Waals surface area (Å²) in [5, 5.41) is 4.03. The highest BCUT2D eigenvalue weighted by molar-refractivity contribution is 6.15. The molecule has 1 amide bonds. The van der Waals surface area contributed by atoms with Crippen molar-refractivity contribution in [2.24, 2.45) is 10.4 Å². The molecule has 5 heterocycles. The highest BCUT2D eigenvalue weighted by Gasteiger charge is 2.20. The number of nitrogens with one attached hydrogen (secondary N) is 2. The Hall–Kier alpha value is -4.52. The van der Waals surface area contributed by atoms with E-state index in [0.29, 0.717) is 12.1 Å². The third kappa shape index (κ3) is 5.25. The molecule has 0 unspecified atom stereocenters. The van der Waals surface area contributed by atoms with Gasteiger partial charge in [-0.1, -0.05) is 32.9 Å². The number of hydrogen-bond acceptors (Lipinski definition) is 5. The minimum absolute atomic E-state index is 0.0139. The number of carbonyl (C=O) groups excluding carboxylic acids is 1. The molecule has 0 radical (unpaired) electrons. The summed E-state index contributed by atoms with van der Waals surface area (Å²) < 4.78 is 5.33. The Bertz CT molecular complexity index is 1690.